The molecule has 3 rings (SSSR count). The van der Waals surface area contributed by atoms with Gasteiger partial charge in [-0.25, -0.2) is 0 Å². The van der Waals surface area contributed by atoms with Gasteiger partial charge in [-0.1, -0.05) is 36.4 Å². The largest absolute Gasteiger partial charge is 0.338 e. The van der Waals surface area contributed by atoms with E-state index in [0.717, 1.165) is 42.4 Å². The summed E-state index contributed by atoms with van der Waals surface area (Å²) in [6.45, 7) is 0.569. The fraction of sp³-hybridized carbons (Fsp3) is 0.316. The topological polar surface area (TPSA) is 63.5 Å². The highest BCUT2D eigenvalue weighted by atomic mass is 16.6. The average molecular weight is 324 g/mol. The predicted octanol–water partition coefficient (Wildman–Crippen LogP) is 3.50. The third-order valence-electron chi connectivity index (χ3n) is 4.65. The molecule has 0 bridgehead atoms. The van der Waals surface area contributed by atoms with E-state index in [-0.39, 0.29) is 16.7 Å². The zero-order valence-electron chi connectivity index (χ0n) is 13.4. The van der Waals surface area contributed by atoms with E-state index in [0.29, 0.717) is 13.0 Å². The van der Waals surface area contributed by atoms with Gasteiger partial charge in [-0.05, 0) is 42.4 Å². The highest BCUT2D eigenvalue weighted by Gasteiger charge is 2.23. The fourth-order valence-electron chi connectivity index (χ4n) is 3.37. The van der Waals surface area contributed by atoms with Gasteiger partial charge in [-0.3, -0.25) is 14.9 Å². The second-order valence-corrected chi connectivity index (χ2v) is 6.22. The zero-order chi connectivity index (χ0) is 16.9. The number of rotatable bonds is 5. The summed E-state index contributed by atoms with van der Waals surface area (Å²) in [5, 5.41) is 11.0. The lowest BCUT2D eigenvalue weighted by atomic mass is 10.00. The van der Waals surface area contributed by atoms with Crippen LogP contribution in [0.5, 0.6) is 0 Å². The third kappa shape index (κ3) is 3.62. The monoisotopic (exact) mass is 324 g/mol. The number of hydrogen-bond donors (Lipinski definition) is 0. The van der Waals surface area contributed by atoms with Crippen molar-refractivity contribution in [2.45, 2.75) is 38.3 Å². The van der Waals surface area contributed by atoms with Crippen LogP contribution in [0.25, 0.3) is 0 Å². The van der Waals surface area contributed by atoms with Crippen molar-refractivity contribution in [3.8, 4) is 0 Å². The quantitative estimate of drug-likeness (QED) is 0.366. The van der Waals surface area contributed by atoms with E-state index >= 15 is 0 Å². The van der Waals surface area contributed by atoms with Crippen molar-refractivity contribution >= 4 is 12.1 Å². The van der Waals surface area contributed by atoms with Crippen molar-refractivity contribution in [2.75, 3.05) is 0 Å². The van der Waals surface area contributed by atoms with E-state index in [2.05, 4.69) is 0 Å². The first-order valence-electron chi connectivity index (χ1n) is 8.18. The molecule has 0 fully saturated rings. The maximum Gasteiger partial charge on any atom is 0.269 e. The van der Waals surface area contributed by atoms with Gasteiger partial charge < -0.3 is 4.90 Å². The first-order chi connectivity index (χ1) is 11.7. The predicted molar refractivity (Wildman–Crippen MR) is 91.6 cm³/mol. The molecule has 2 aromatic rings. The highest BCUT2D eigenvalue weighted by Crippen LogP contribution is 2.27. The molecule has 124 valence electrons. The molecule has 0 aromatic heterocycles. The maximum absolute atomic E-state index is 11.6. The van der Waals surface area contributed by atoms with E-state index in [1.807, 2.05) is 41.3 Å². The second-order valence-electron chi connectivity index (χ2n) is 6.22. The lowest BCUT2D eigenvalue weighted by molar-refractivity contribution is -0.384. The number of amides is 1. The van der Waals surface area contributed by atoms with Crippen LogP contribution in [0.4, 0.5) is 5.69 Å². The molecule has 2 aromatic carbocycles. The van der Waals surface area contributed by atoms with Crippen molar-refractivity contribution < 1.29 is 9.72 Å². The Balaban J connectivity index is 1.82. The lowest BCUT2D eigenvalue weighted by Gasteiger charge is -2.27. The van der Waals surface area contributed by atoms with E-state index in [9.17, 15) is 14.9 Å². The Labute approximate surface area is 141 Å². The van der Waals surface area contributed by atoms with Gasteiger partial charge in [0.25, 0.3) is 5.69 Å². The number of benzene rings is 2. The molecular weight excluding hydrogens is 304 g/mol. The number of nitro benzene ring substituents is 1. The van der Waals surface area contributed by atoms with E-state index < -0.39 is 0 Å². The number of fused-ring (bicyclic) bond motifs is 1. The Hall–Kier alpha value is -2.69. The van der Waals surface area contributed by atoms with Crippen LogP contribution in [0.3, 0.4) is 0 Å². The molecule has 0 N–H and O–H groups in total. The van der Waals surface area contributed by atoms with Gasteiger partial charge in [0.05, 0.1) is 4.92 Å². The molecule has 1 unspecified atom stereocenters. The Morgan fingerprint density at radius 1 is 1.17 bits per heavy atom. The number of nitro groups is 1. The van der Waals surface area contributed by atoms with Crippen molar-refractivity contribution in [2.24, 2.45) is 0 Å². The molecule has 24 heavy (non-hydrogen) atoms. The molecule has 0 heterocycles. The van der Waals surface area contributed by atoms with Crippen LogP contribution in [0.1, 0.15) is 29.5 Å². The summed E-state index contributed by atoms with van der Waals surface area (Å²) in [7, 11) is 0. The number of aryl methyl sites for hydroxylation is 1. The lowest BCUT2D eigenvalue weighted by Crippen LogP contribution is -2.35. The Kier molecular flexibility index (Phi) is 4.89. The standard InChI is InChI=1S/C19H20N2O3/c22-14-20(13-15-5-2-1-3-6-15)18-8-4-7-16-9-10-19(21(23)24)12-17(16)11-18/h1-3,5-6,9-10,12,14,18H,4,7-8,11,13H2. The summed E-state index contributed by atoms with van der Waals surface area (Å²) in [5.41, 5.74) is 3.36. The van der Waals surface area contributed by atoms with Crippen molar-refractivity contribution in [3.05, 3.63) is 75.3 Å². The zero-order valence-corrected chi connectivity index (χ0v) is 13.4. The molecule has 1 atom stereocenters. The second kappa shape index (κ2) is 7.25. The molecule has 0 saturated heterocycles. The van der Waals surface area contributed by atoms with Crippen LogP contribution < -0.4 is 0 Å². The van der Waals surface area contributed by atoms with Gasteiger partial charge in [0.2, 0.25) is 6.41 Å². The molecule has 5 heteroatoms. The molecular formula is C19H20N2O3. The molecule has 0 spiro atoms. The summed E-state index contributed by atoms with van der Waals surface area (Å²) in [4.78, 5) is 24.1. The molecule has 0 saturated carbocycles. The van der Waals surface area contributed by atoms with E-state index in [1.54, 1.807) is 12.1 Å². The first-order valence-corrected chi connectivity index (χ1v) is 8.18. The smallest absolute Gasteiger partial charge is 0.269 e. The van der Waals surface area contributed by atoms with Crippen LogP contribution in [0.15, 0.2) is 48.5 Å². The molecule has 0 aliphatic heterocycles. The van der Waals surface area contributed by atoms with E-state index in [1.165, 1.54) is 0 Å². The van der Waals surface area contributed by atoms with Crippen LogP contribution in [0, 0.1) is 10.1 Å². The molecule has 1 amide bonds. The average Bonchev–Trinajstić information content (AvgIpc) is 2.82. The minimum absolute atomic E-state index is 0.0750. The minimum atomic E-state index is -0.359. The van der Waals surface area contributed by atoms with Crippen LogP contribution in [-0.4, -0.2) is 22.3 Å². The van der Waals surface area contributed by atoms with Gasteiger partial charge >= 0.3 is 0 Å². The van der Waals surface area contributed by atoms with Gasteiger partial charge in [-0.15, -0.1) is 0 Å². The number of carbonyl (C=O) groups is 1. The van der Waals surface area contributed by atoms with Crippen molar-refractivity contribution in [1.29, 1.82) is 0 Å². The summed E-state index contributed by atoms with van der Waals surface area (Å²) in [6.07, 6.45) is 4.37. The summed E-state index contributed by atoms with van der Waals surface area (Å²) >= 11 is 0. The SMILES string of the molecule is O=CN(Cc1ccccc1)C1CCCc2ccc([N+](=O)[O-])cc2C1. The summed E-state index contributed by atoms with van der Waals surface area (Å²) in [6, 6.07) is 15.1. The van der Waals surface area contributed by atoms with Crippen molar-refractivity contribution in [1.82, 2.24) is 4.90 Å². The third-order valence-corrected chi connectivity index (χ3v) is 4.65. The summed E-state index contributed by atoms with van der Waals surface area (Å²) in [5.74, 6) is 0. The van der Waals surface area contributed by atoms with Crippen LogP contribution >= 0.6 is 0 Å². The molecule has 5 nitrogen and oxygen atoms in total. The first kappa shape index (κ1) is 16.2. The fourth-order valence-corrected chi connectivity index (χ4v) is 3.37. The van der Waals surface area contributed by atoms with Gasteiger partial charge in [-0.2, -0.15) is 0 Å². The number of nitrogens with zero attached hydrogens (tertiary/aromatic N) is 2. The van der Waals surface area contributed by atoms with Crippen LogP contribution in [0.2, 0.25) is 0 Å². The molecule has 0 radical (unpaired) electrons. The Morgan fingerprint density at radius 3 is 2.67 bits per heavy atom. The number of non-ortho nitro benzene ring substituents is 1. The Bertz CT molecular complexity index is 731. The maximum atomic E-state index is 11.6. The normalized spacial score (nSPS) is 16.8. The van der Waals surface area contributed by atoms with Crippen molar-refractivity contribution in [3.63, 3.8) is 0 Å². The number of hydrogen-bond acceptors (Lipinski definition) is 3. The molecule has 1 aliphatic rings. The number of carbonyl (C=O) groups excluding carboxylic acids is 1. The van der Waals surface area contributed by atoms with Gasteiger partial charge in [0, 0.05) is 24.7 Å². The van der Waals surface area contributed by atoms with Gasteiger partial charge in [0.15, 0.2) is 0 Å². The highest BCUT2D eigenvalue weighted by molar-refractivity contribution is 5.49. The minimum Gasteiger partial charge on any atom is -0.338 e. The van der Waals surface area contributed by atoms with E-state index in [4.69, 9.17) is 0 Å². The van der Waals surface area contributed by atoms with Crippen LogP contribution in [-0.2, 0) is 24.2 Å². The Morgan fingerprint density at radius 2 is 1.96 bits per heavy atom. The van der Waals surface area contributed by atoms with Gasteiger partial charge in [0.1, 0.15) is 0 Å². The molecule has 1 aliphatic carbocycles. The summed E-state index contributed by atoms with van der Waals surface area (Å²) < 4.78 is 0.